The minimum atomic E-state index is 0.388. The van der Waals surface area contributed by atoms with E-state index in [1.54, 1.807) is 0 Å². The molecule has 0 aliphatic heterocycles. The Balaban J connectivity index is 1.58. The van der Waals surface area contributed by atoms with Crippen LogP contribution in [0.3, 0.4) is 0 Å². The van der Waals surface area contributed by atoms with Gasteiger partial charge in [0.1, 0.15) is 0 Å². The van der Waals surface area contributed by atoms with Crippen LogP contribution >= 0.6 is 0 Å². The van der Waals surface area contributed by atoms with Crippen LogP contribution in [0.1, 0.15) is 78.1 Å². The van der Waals surface area contributed by atoms with Gasteiger partial charge in [0.05, 0.1) is 0 Å². The van der Waals surface area contributed by atoms with Crippen molar-refractivity contribution in [3.8, 4) is 0 Å². The van der Waals surface area contributed by atoms with Gasteiger partial charge in [-0.05, 0) is 105 Å². The third-order valence-corrected chi connectivity index (χ3v) is 9.38. The quantitative estimate of drug-likeness (QED) is 0.794. The number of aliphatic hydroxyl groups is 1. The Labute approximate surface area is 142 Å². The van der Waals surface area contributed by atoms with Crippen molar-refractivity contribution in [2.24, 2.45) is 46.2 Å². The summed E-state index contributed by atoms with van der Waals surface area (Å²) in [5.74, 6) is 4.54. The first-order valence-corrected chi connectivity index (χ1v) is 10.4. The molecule has 0 aromatic rings. The van der Waals surface area contributed by atoms with Gasteiger partial charge in [0.15, 0.2) is 0 Å². The molecular formula is C21H37NO. The SMILES string of the molecule is CC12CCC3C(CCC4CC(N)CCC43C)C1CCC2CCO. The van der Waals surface area contributed by atoms with Gasteiger partial charge in [0.25, 0.3) is 0 Å². The molecule has 0 spiro atoms. The molecule has 23 heavy (non-hydrogen) atoms. The molecule has 4 rings (SSSR count). The molecule has 0 aromatic carbocycles. The van der Waals surface area contributed by atoms with Gasteiger partial charge in [0, 0.05) is 12.6 Å². The molecule has 4 aliphatic rings. The highest BCUT2D eigenvalue weighted by Crippen LogP contribution is 2.67. The number of hydrogen-bond acceptors (Lipinski definition) is 2. The average molecular weight is 320 g/mol. The maximum atomic E-state index is 9.47. The topological polar surface area (TPSA) is 46.2 Å². The van der Waals surface area contributed by atoms with Crippen molar-refractivity contribution in [2.45, 2.75) is 84.1 Å². The standard InChI is InChI=1S/C21H37NO/c1-20-11-8-19-17(18(20)6-4-14(20)9-12-23)5-3-15-13-16(22)7-10-21(15,19)2/h14-19,23H,3-13,22H2,1-2H3. The molecule has 4 aliphatic carbocycles. The predicted octanol–water partition coefficient (Wildman–Crippen LogP) is 4.36. The molecule has 0 amide bonds. The fourth-order valence-corrected chi connectivity index (χ4v) is 8.03. The lowest BCUT2D eigenvalue weighted by Crippen LogP contribution is -2.54. The van der Waals surface area contributed by atoms with E-state index in [-0.39, 0.29) is 0 Å². The van der Waals surface area contributed by atoms with Gasteiger partial charge in [-0.2, -0.15) is 0 Å². The lowest BCUT2D eigenvalue weighted by molar-refractivity contribution is -0.113. The Morgan fingerprint density at radius 3 is 2.43 bits per heavy atom. The van der Waals surface area contributed by atoms with Crippen molar-refractivity contribution in [2.75, 3.05) is 6.61 Å². The molecule has 132 valence electrons. The molecular weight excluding hydrogens is 282 g/mol. The smallest absolute Gasteiger partial charge is 0.0433 e. The van der Waals surface area contributed by atoms with Crippen LogP contribution < -0.4 is 5.73 Å². The number of aliphatic hydroxyl groups excluding tert-OH is 1. The van der Waals surface area contributed by atoms with Crippen LogP contribution in [0.15, 0.2) is 0 Å². The van der Waals surface area contributed by atoms with E-state index in [4.69, 9.17) is 5.73 Å². The highest BCUT2D eigenvalue weighted by atomic mass is 16.3. The zero-order chi connectivity index (χ0) is 16.2. The van der Waals surface area contributed by atoms with Crippen LogP contribution in [0.25, 0.3) is 0 Å². The summed E-state index contributed by atoms with van der Waals surface area (Å²) in [7, 11) is 0. The first kappa shape index (κ1) is 16.4. The Morgan fingerprint density at radius 1 is 0.913 bits per heavy atom. The molecule has 4 saturated carbocycles. The third kappa shape index (κ3) is 2.34. The second kappa shape index (κ2) is 5.73. The van der Waals surface area contributed by atoms with Crippen molar-refractivity contribution in [3.63, 3.8) is 0 Å². The minimum absolute atomic E-state index is 0.388. The van der Waals surface area contributed by atoms with E-state index in [1.807, 2.05) is 0 Å². The van der Waals surface area contributed by atoms with Crippen LogP contribution in [0.5, 0.6) is 0 Å². The number of fused-ring (bicyclic) bond motifs is 5. The van der Waals surface area contributed by atoms with Gasteiger partial charge in [-0.1, -0.05) is 13.8 Å². The minimum Gasteiger partial charge on any atom is -0.396 e. The van der Waals surface area contributed by atoms with Gasteiger partial charge in [-0.25, -0.2) is 0 Å². The van der Waals surface area contributed by atoms with Crippen LogP contribution in [0.2, 0.25) is 0 Å². The molecule has 0 saturated heterocycles. The van der Waals surface area contributed by atoms with Gasteiger partial charge in [-0.3, -0.25) is 0 Å². The van der Waals surface area contributed by atoms with Crippen LogP contribution in [-0.4, -0.2) is 17.8 Å². The molecule has 4 fully saturated rings. The maximum absolute atomic E-state index is 9.47. The normalized spacial score (nSPS) is 55.8. The van der Waals surface area contributed by atoms with E-state index in [9.17, 15) is 5.11 Å². The zero-order valence-corrected chi connectivity index (χ0v) is 15.3. The molecule has 0 radical (unpaired) electrons. The van der Waals surface area contributed by atoms with Gasteiger partial charge in [0.2, 0.25) is 0 Å². The highest BCUT2D eigenvalue weighted by molar-refractivity contribution is 5.09. The first-order valence-electron chi connectivity index (χ1n) is 10.4. The van der Waals surface area contributed by atoms with Crippen molar-refractivity contribution in [1.29, 1.82) is 0 Å². The largest absolute Gasteiger partial charge is 0.396 e. The van der Waals surface area contributed by atoms with Crippen LogP contribution in [0.4, 0.5) is 0 Å². The Morgan fingerprint density at radius 2 is 1.65 bits per heavy atom. The van der Waals surface area contributed by atoms with E-state index in [2.05, 4.69) is 13.8 Å². The highest BCUT2D eigenvalue weighted by Gasteiger charge is 2.59. The first-order chi connectivity index (χ1) is 11.0. The molecule has 8 unspecified atom stereocenters. The summed E-state index contributed by atoms with van der Waals surface area (Å²) in [6, 6.07) is 0.471. The molecule has 8 atom stereocenters. The average Bonchev–Trinajstić information content (AvgIpc) is 2.85. The summed E-state index contributed by atoms with van der Waals surface area (Å²) in [6.45, 7) is 5.59. The van der Waals surface area contributed by atoms with Crippen molar-refractivity contribution in [1.82, 2.24) is 0 Å². The summed E-state index contributed by atoms with van der Waals surface area (Å²) in [5.41, 5.74) is 7.41. The molecule has 0 heterocycles. The van der Waals surface area contributed by atoms with Crippen molar-refractivity contribution < 1.29 is 5.11 Å². The summed E-state index contributed by atoms with van der Waals surface area (Å²) < 4.78 is 0. The maximum Gasteiger partial charge on any atom is 0.0433 e. The summed E-state index contributed by atoms with van der Waals surface area (Å²) in [5, 5.41) is 9.47. The van der Waals surface area contributed by atoms with Gasteiger partial charge < -0.3 is 10.8 Å². The molecule has 0 aromatic heterocycles. The van der Waals surface area contributed by atoms with Crippen LogP contribution in [-0.2, 0) is 0 Å². The summed E-state index contributed by atoms with van der Waals surface area (Å²) in [4.78, 5) is 0. The second-order valence-corrected chi connectivity index (χ2v) is 10.0. The Kier molecular flexibility index (Phi) is 4.08. The zero-order valence-electron chi connectivity index (χ0n) is 15.3. The van der Waals surface area contributed by atoms with E-state index in [1.165, 1.54) is 57.8 Å². The fraction of sp³-hybridized carbons (Fsp3) is 1.00. The molecule has 3 N–H and O–H groups in total. The van der Waals surface area contributed by atoms with Crippen molar-refractivity contribution in [3.05, 3.63) is 0 Å². The fourth-order valence-electron chi connectivity index (χ4n) is 8.03. The number of hydrogen-bond donors (Lipinski definition) is 2. The lowest BCUT2D eigenvalue weighted by Gasteiger charge is -2.61. The van der Waals surface area contributed by atoms with E-state index >= 15 is 0 Å². The number of rotatable bonds is 2. The van der Waals surface area contributed by atoms with Gasteiger partial charge >= 0.3 is 0 Å². The monoisotopic (exact) mass is 319 g/mol. The molecule has 2 heteroatoms. The van der Waals surface area contributed by atoms with Gasteiger partial charge in [-0.15, -0.1) is 0 Å². The van der Waals surface area contributed by atoms with Crippen molar-refractivity contribution >= 4 is 0 Å². The van der Waals surface area contributed by atoms with Crippen LogP contribution in [0, 0.1) is 40.4 Å². The molecule has 0 bridgehead atoms. The van der Waals surface area contributed by atoms with E-state index in [0.717, 1.165) is 36.0 Å². The van der Waals surface area contributed by atoms with E-state index in [0.29, 0.717) is 23.5 Å². The molecule has 2 nitrogen and oxygen atoms in total. The summed E-state index contributed by atoms with van der Waals surface area (Å²) in [6.07, 6.45) is 13.5. The Hall–Kier alpha value is -0.0800. The predicted molar refractivity (Wildman–Crippen MR) is 94.9 cm³/mol. The lowest BCUT2D eigenvalue weighted by atomic mass is 9.44. The Bertz CT molecular complexity index is 451. The summed E-state index contributed by atoms with van der Waals surface area (Å²) >= 11 is 0. The van der Waals surface area contributed by atoms with E-state index < -0.39 is 0 Å². The second-order valence-electron chi connectivity index (χ2n) is 10.0. The number of nitrogens with two attached hydrogens (primary N) is 1. The third-order valence-electron chi connectivity index (χ3n) is 9.38.